The van der Waals surface area contributed by atoms with E-state index in [-0.39, 0.29) is 28.2 Å². The van der Waals surface area contributed by atoms with Crippen molar-refractivity contribution < 1.29 is 13.2 Å². The number of aromatic nitrogens is 2. The summed E-state index contributed by atoms with van der Waals surface area (Å²) in [5.41, 5.74) is 0.946. The van der Waals surface area contributed by atoms with Crippen molar-refractivity contribution in [3.63, 3.8) is 0 Å². The van der Waals surface area contributed by atoms with E-state index in [0.717, 1.165) is 31.5 Å². The van der Waals surface area contributed by atoms with E-state index in [2.05, 4.69) is 12.2 Å². The van der Waals surface area contributed by atoms with Gasteiger partial charge in [-0.25, -0.2) is 13.4 Å². The third-order valence-electron chi connectivity index (χ3n) is 6.37. The number of pyridine rings is 1. The summed E-state index contributed by atoms with van der Waals surface area (Å²) in [6.45, 7) is 5.52. The number of hydrogen-bond donors (Lipinski definition) is 1. The fourth-order valence-corrected chi connectivity index (χ4v) is 6.03. The summed E-state index contributed by atoms with van der Waals surface area (Å²) in [7, 11) is -3.18. The summed E-state index contributed by atoms with van der Waals surface area (Å²) in [4.78, 5) is 33.0. The molecule has 2 aliphatic rings. The topological polar surface area (TPSA) is 125 Å². The number of aryl methyl sites for hydroxylation is 1. The molecule has 0 aromatic carbocycles. The van der Waals surface area contributed by atoms with Gasteiger partial charge in [0.1, 0.15) is 23.1 Å². The fourth-order valence-electron chi connectivity index (χ4n) is 4.35. The number of fused-ring (bicyclic) bond motifs is 1. The molecule has 2 aliphatic heterocycles. The third-order valence-corrected chi connectivity index (χ3v) is 8.14. The van der Waals surface area contributed by atoms with Gasteiger partial charge in [0.2, 0.25) is 0 Å². The molecule has 2 aromatic rings. The quantitative estimate of drug-likeness (QED) is 0.531. The van der Waals surface area contributed by atoms with Crippen molar-refractivity contribution in [1.29, 1.82) is 5.26 Å². The van der Waals surface area contributed by atoms with E-state index in [9.17, 15) is 23.3 Å². The Balaban J connectivity index is 1.77. The number of anilines is 1. The molecule has 2 saturated heterocycles. The second kappa shape index (κ2) is 8.98. The zero-order chi connectivity index (χ0) is 23.8. The van der Waals surface area contributed by atoms with Crippen LogP contribution in [0.5, 0.6) is 0 Å². The van der Waals surface area contributed by atoms with Crippen molar-refractivity contribution in [1.82, 2.24) is 14.7 Å². The molecule has 4 heterocycles. The Morgan fingerprint density at radius 2 is 2.03 bits per heavy atom. The first kappa shape index (κ1) is 23.0. The average Bonchev–Trinajstić information content (AvgIpc) is 3.12. The van der Waals surface area contributed by atoms with Gasteiger partial charge in [0, 0.05) is 25.3 Å². The standard InChI is InChI=1S/C23H27N5O4S/c1-15-5-9-27(10-6-15)21-19(23(30)28-8-3-4-16(2)20(28)26-21)12-17(13-24)22(29)25-18-7-11-33(31,32)14-18/h3-4,8,12,15,18H,5-7,9-11,14H2,1-2H3,(H,25,29)/b17-12+/t18-/m1/s1. The van der Waals surface area contributed by atoms with Crippen LogP contribution in [0.15, 0.2) is 28.7 Å². The van der Waals surface area contributed by atoms with Crippen molar-refractivity contribution in [3.05, 3.63) is 45.4 Å². The number of nitrogens with one attached hydrogen (secondary N) is 1. The van der Waals surface area contributed by atoms with Crippen molar-refractivity contribution in [2.24, 2.45) is 5.92 Å². The highest BCUT2D eigenvalue weighted by atomic mass is 32.2. The molecule has 4 rings (SSSR count). The fraction of sp³-hybridized carbons (Fsp3) is 0.478. The van der Waals surface area contributed by atoms with E-state index < -0.39 is 21.8 Å². The van der Waals surface area contributed by atoms with Gasteiger partial charge in [-0.1, -0.05) is 13.0 Å². The van der Waals surface area contributed by atoms with Crippen LogP contribution < -0.4 is 15.8 Å². The molecular weight excluding hydrogens is 442 g/mol. The summed E-state index contributed by atoms with van der Waals surface area (Å²) in [5.74, 6) is 0.216. The number of carbonyl (C=O) groups excluding carboxylic acids is 1. The lowest BCUT2D eigenvalue weighted by molar-refractivity contribution is -0.117. The Bertz CT molecular complexity index is 1330. The third kappa shape index (κ3) is 4.78. The molecule has 0 aliphatic carbocycles. The molecule has 0 unspecified atom stereocenters. The van der Waals surface area contributed by atoms with E-state index in [1.165, 1.54) is 10.5 Å². The molecule has 0 spiro atoms. The van der Waals surface area contributed by atoms with E-state index in [1.54, 1.807) is 12.3 Å². The number of piperidine rings is 1. The minimum absolute atomic E-state index is 0.0103. The maximum absolute atomic E-state index is 13.4. The van der Waals surface area contributed by atoms with Gasteiger partial charge in [-0.15, -0.1) is 0 Å². The predicted octanol–water partition coefficient (Wildman–Crippen LogP) is 1.45. The number of rotatable bonds is 4. The summed E-state index contributed by atoms with van der Waals surface area (Å²) in [5, 5.41) is 12.3. The first-order valence-electron chi connectivity index (χ1n) is 11.1. The lowest BCUT2D eigenvalue weighted by atomic mass is 9.99. The van der Waals surface area contributed by atoms with Crippen LogP contribution in [0.4, 0.5) is 5.82 Å². The van der Waals surface area contributed by atoms with Crippen LogP contribution in [0.25, 0.3) is 11.7 Å². The normalized spacial score (nSPS) is 21.2. The van der Waals surface area contributed by atoms with Crippen LogP contribution in [0, 0.1) is 24.2 Å². The monoisotopic (exact) mass is 469 g/mol. The largest absolute Gasteiger partial charge is 0.356 e. The van der Waals surface area contributed by atoms with E-state index in [1.807, 2.05) is 24.0 Å². The number of nitrogens with zero attached hydrogens (tertiary/aromatic N) is 4. The van der Waals surface area contributed by atoms with E-state index >= 15 is 0 Å². The van der Waals surface area contributed by atoms with Crippen LogP contribution in [0.3, 0.4) is 0 Å². The molecule has 0 bridgehead atoms. The molecule has 0 saturated carbocycles. The second-order valence-corrected chi connectivity index (χ2v) is 11.2. The Labute approximate surface area is 192 Å². The molecule has 1 N–H and O–H groups in total. The number of hydrogen-bond acceptors (Lipinski definition) is 7. The number of carbonyl (C=O) groups is 1. The lowest BCUT2D eigenvalue weighted by Gasteiger charge is -2.32. The molecule has 1 atom stereocenters. The maximum Gasteiger partial charge on any atom is 0.267 e. The molecular formula is C23H27N5O4S. The summed E-state index contributed by atoms with van der Waals surface area (Å²) < 4.78 is 24.8. The molecule has 10 heteroatoms. The highest BCUT2D eigenvalue weighted by Gasteiger charge is 2.30. The van der Waals surface area contributed by atoms with E-state index in [4.69, 9.17) is 4.98 Å². The van der Waals surface area contributed by atoms with Crippen molar-refractivity contribution in [2.45, 2.75) is 39.2 Å². The van der Waals surface area contributed by atoms with Gasteiger partial charge in [-0.05, 0) is 49.8 Å². The summed E-state index contributed by atoms with van der Waals surface area (Å²) >= 11 is 0. The lowest BCUT2D eigenvalue weighted by Crippen LogP contribution is -2.37. The number of sulfone groups is 1. The van der Waals surface area contributed by atoms with Crippen molar-refractivity contribution in [3.8, 4) is 6.07 Å². The summed E-state index contributed by atoms with van der Waals surface area (Å²) in [6.07, 6.45) is 5.13. The second-order valence-electron chi connectivity index (χ2n) is 8.95. The Kier molecular flexibility index (Phi) is 6.26. The zero-order valence-corrected chi connectivity index (χ0v) is 19.6. The van der Waals surface area contributed by atoms with Gasteiger partial charge in [-0.2, -0.15) is 5.26 Å². The maximum atomic E-state index is 13.4. The van der Waals surface area contributed by atoms with Gasteiger partial charge in [0.25, 0.3) is 11.5 Å². The van der Waals surface area contributed by atoms with Gasteiger partial charge in [-0.3, -0.25) is 14.0 Å². The molecule has 1 amide bonds. The molecule has 2 aromatic heterocycles. The Morgan fingerprint density at radius 3 is 2.67 bits per heavy atom. The predicted molar refractivity (Wildman–Crippen MR) is 126 cm³/mol. The molecule has 2 fully saturated rings. The minimum Gasteiger partial charge on any atom is -0.356 e. The van der Waals surface area contributed by atoms with Crippen molar-refractivity contribution in [2.75, 3.05) is 29.5 Å². The van der Waals surface area contributed by atoms with Crippen LogP contribution in [0.1, 0.15) is 37.3 Å². The van der Waals surface area contributed by atoms with Crippen molar-refractivity contribution >= 4 is 33.3 Å². The van der Waals surface area contributed by atoms with Gasteiger partial charge < -0.3 is 10.2 Å². The SMILES string of the molecule is Cc1cccn2c(=O)c(/C=C(\C#N)C(=O)N[C@@H]3CCS(=O)(=O)C3)c(N3CCC(C)CC3)nc12. The van der Waals surface area contributed by atoms with E-state index in [0.29, 0.717) is 23.8 Å². The van der Waals surface area contributed by atoms with Crippen LogP contribution in [0.2, 0.25) is 0 Å². The smallest absolute Gasteiger partial charge is 0.267 e. The van der Waals surface area contributed by atoms with Crippen LogP contribution in [-0.2, 0) is 14.6 Å². The molecule has 9 nitrogen and oxygen atoms in total. The minimum atomic E-state index is -3.18. The first-order valence-corrected chi connectivity index (χ1v) is 12.9. The molecule has 174 valence electrons. The molecule has 0 radical (unpaired) electrons. The van der Waals surface area contributed by atoms with Gasteiger partial charge in [0.05, 0.1) is 17.1 Å². The Morgan fingerprint density at radius 1 is 1.30 bits per heavy atom. The first-order chi connectivity index (χ1) is 15.7. The highest BCUT2D eigenvalue weighted by molar-refractivity contribution is 7.91. The van der Waals surface area contributed by atoms with Crippen LogP contribution >= 0.6 is 0 Å². The number of nitriles is 1. The van der Waals surface area contributed by atoms with Gasteiger partial charge in [0.15, 0.2) is 9.84 Å². The summed E-state index contributed by atoms with van der Waals surface area (Å²) in [6, 6.07) is 4.96. The Hall–Kier alpha value is -3.19. The highest BCUT2D eigenvalue weighted by Crippen LogP contribution is 2.26. The molecule has 33 heavy (non-hydrogen) atoms. The number of amides is 1. The van der Waals surface area contributed by atoms with Crippen LogP contribution in [-0.4, -0.2) is 54.3 Å². The van der Waals surface area contributed by atoms with Gasteiger partial charge >= 0.3 is 0 Å². The zero-order valence-electron chi connectivity index (χ0n) is 18.7. The average molecular weight is 470 g/mol.